The van der Waals surface area contributed by atoms with Gasteiger partial charge in [0, 0.05) is 35.9 Å². The number of halogens is 4. The molecule has 0 radical (unpaired) electrons. The number of benzene rings is 2. The van der Waals surface area contributed by atoms with Gasteiger partial charge in [0.05, 0.1) is 29.7 Å². The first-order chi connectivity index (χ1) is 19.9. The van der Waals surface area contributed by atoms with Crippen molar-refractivity contribution in [3.8, 4) is 11.3 Å². The van der Waals surface area contributed by atoms with Crippen molar-refractivity contribution in [1.82, 2.24) is 15.0 Å². The quantitative estimate of drug-likeness (QED) is 0.167. The molecule has 4 rings (SSSR count). The van der Waals surface area contributed by atoms with Crippen molar-refractivity contribution >= 4 is 34.3 Å². The first-order valence-electron chi connectivity index (χ1n) is 12.7. The van der Waals surface area contributed by atoms with Crippen LogP contribution < -0.4 is 21.2 Å². The molecule has 0 saturated heterocycles. The summed E-state index contributed by atoms with van der Waals surface area (Å²) in [7, 11) is 0. The predicted octanol–water partition coefficient (Wildman–Crippen LogP) is 3.21. The molecule has 42 heavy (non-hydrogen) atoms. The first-order valence-corrected chi connectivity index (χ1v) is 12.7. The van der Waals surface area contributed by atoms with E-state index in [1.54, 1.807) is 12.1 Å². The fourth-order valence-corrected chi connectivity index (χ4v) is 4.40. The molecule has 0 aliphatic rings. The van der Waals surface area contributed by atoms with E-state index in [1.807, 2.05) is 13.0 Å². The van der Waals surface area contributed by atoms with E-state index in [4.69, 9.17) is 15.7 Å². The highest BCUT2D eigenvalue weighted by Gasteiger charge is 2.42. The van der Waals surface area contributed by atoms with E-state index in [-0.39, 0.29) is 40.1 Å². The number of aliphatic hydroxyl groups excluding tert-OH is 2. The van der Waals surface area contributed by atoms with Gasteiger partial charge in [-0.15, -0.1) is 0 Å². The average Bonchev–Trinajstić information content (AvgIpc) is 3.31. The van der Waals surface area contributed by atoms with Crippen molar-refractivity contribution in [2.45, 2.75) is 32.2 Å². The van der Waals surface area contributed by atoms with Crippen LogP contribution in [-0.2, 0) is 17.8 Å². The largest absolute Gasteiger partial charge is 0.493 e. The number of rotatable bonds is 11. The van der Waals surface area contributed by atoms with Crippen LogP contribution in [0.25, 0.3) is 22.3 Å². The number of hydrogen-bond donors (Lipinski definition) is 5. The average molecular weight is 590 g/mol. The van der Waals surface area contributed by atoms with Crippen molar-refractivity contribution in [2.75, 3.05) is 18.5 Å². The molecule has 6 N–H and O–H groups in total. The third kappa shape index (κ3) is 6.51. The van der Waals surface area contributed by atoms with Gasteiger partial charge in [0.1, 0.15) is 5.82 Å². The van der Waals surface area contributed by atoms with Gasteiger partial charge in [-0.25, -0.2) is 14.2 Å². The normalized spacial score (nSPS) is 12.4. The number of fused-ring (bicyclic) bond motifs is 1. The molecule has 222 valence electrons. The molecule has 1 amide bonds. The lowest BCUT2D eigenvalue weighted by molar-refractivity contribution is -0.199. The molecule has 2 heterocycles. The molecule has 14 heteroatoms. The van der Waals surface area contributed by atoms with E-state index in [1.165, 1.54) is 18.2 Å². The second kappa shape index (κ2) is 12.5. The zero-order valence-corrected chi connectivity index (χ0v) is 22.2. The highest BCUT2D eigenvalue weighted by molar-refractivity contribution is 6.08. The van der Waals surface area contributed by atoms with Gasteiger partial charge in [-0.05, 0) is 53.9 Å². The van der Waals surface area contributed by atoms with Crippen molar-refractivity contribution < 1.29 is 42.2 Å². The smallest absolute Gasteiger partial charge is 0.394 e. The Balaban J connectivity index is 1.87. The summed E-state index contributed by atoms with van der Waals surface area (Å²) in [5, 5.41) is 25.0. The molecule has 0 aliphatic carbocycles. The van der Waals surface area contributed by atoms with Crippen molar-refractivity contribution in [2.24, 2.45) is 5.73 Å². The van der Waals surface area contributed by atoms with Gasteiger partial charge < -0.3 is 31.4 Å². The molecule has 0 spiro atoms. The topological polar surface area (TPSA) is 152 Å². The van der Waals surface area contributed by atoms with E-state index >= 15 is 0 Å². The van der Waals surface area contributed by atoms with E-state index < -0.39 is 36.6 Å². The maximum atomic E-state index is 13.6. The Labute approximate surface area is 236 Å². The number of anilines is 2. The third-order valence-electron chi connectivity index (χ3n) is 6.39. The van der Waals surface area contributed by atoms with Crippen molar-refractivity contribution in [3.05, 3.63) is 77.2 Å². The second-order valence-electron chi connectivity index (χ2n) is 9.24. The van der Waals surface area contributed by atoms with Crippen LogP contribution >= 0.6 is 0 Å². The van der Waals surface area contributed by atoms with Crippen LogP contribution in [0, 0.1) is 5.82 Å². The first kappa shape index (κ1) is 30.4. The molecule has 0 fully saturated rings. The van der Waals surface area contributed by atoms with E-state index in [2.05, 4.69) is 15.6 Å². The van der Waals surface area contributed by atoms with Crippen LogP contribution in [0.5, 0.6) is 0 Å². The Morgan fingerprint density at radius 2 is 1.88 bits per heavy atom. The number of nitrogens with one attached hydrogen (secondary N) is 2. The van der Waals surface area contributed by atoms with Crippen molar-refractivity contribution in [3.63, 3.8) is 0 Å². The molecule has 1 atom stereocenters. The number of aromatic nitrogens is 2. The van der Waals surface area contributed by atoms with Gasteiger partial charge in [0.2, 0.25) is 0 Å². The van der Waals surface area contributed by atoms with Gasteiger partial charge in [-0.2, -0.15) is 17.9 Å². The summed E-state index contributed by atoms with van der Waals surface area (Å²) in [6.07, 6.45) is -4.70. The summed E-state index contributed by atoms with van der Waals surface area (Å²) in [4.78, 5) is 33.1. The summed E-state index contributed by atoms with van der Waals surface area (Å²) in [5.74, 6) is -4.00. The standard InChI is InChI=1S/C28H27F4N5O5/c1-2-19-16(11-34-12-18(39)14-38)4-3-5-22(19)36-24-20-10-23(15-6-8-17(29)9-7-15)37(42-27(41)28(30,31)32)26(20)35-13-21(24)25(33)40/h3-10,13,18,34,38-39H,2,11-12,14H2,1H3,(H2,33,40)(H,35,36). The van der Waals surface area contributed by atoms with Crippen LogP contribution in [0.3, 0.4) is 0 Å². The molecule has 0 saturated carbocycles. The number of nitrogens with zero attached hydrogens (tertiary/aromatic N) is 2. The van der Waals surface area contributed by atoms with Gasteiger partial charge in [0.15, 0.2) is 5.65 Å². The Kier molecular flexibility index (Phi) is 9.09. The summed E-state index contributed by atoms with van der Waals surface area (Å²) >= 11 is 0. The van der Waals surface area contributed by atoms with Crippen LogP contribution in [-0.4, -0.2) is 57.2 Å². The highest BCUT2D eigenvalue weighted by atomic mass is 19.4. The molecular formula is C28H27F4N5O5. The van der Waals surface area contributed by atoms with E-state index in [0.29, 0.717) is 23.4 Å². The van der Waals surface area contributed by atoms with Gasteiger partial charge in [0.25, 0.3) is 5.91 Å². The number of aliphatic hydroxyl groups is 2. The zero-order valence-electron chi connectivity index (χ0n) is 22.2. The molecule has 2 aromatic heterocycles. The number of amides is 1. The third-order valence-corrected chi connectivity index (χ3v) is 6.39. The van der Waals surface area contributed by atoms with Crippen LogP contribution in [0.1, 0.15) is 28.4 Å². The zero-order chi connectivity index (χ0) is 30.6. The monoisotopic (exact) mass is 589 g/mol. The Morgan fingerprint density at radius 3 is 2.50 bits per heavy atom. The minimum Gasteiger partial charge on any atom is -0.394 e. The molecule has 2 aromatic carbocycles. The fraction of sp³-hybridized carbons (Fsp3) is 0.250. The molecule has 4 aromatic rings. The Hall–Kier alpha value is -4.53. The summed E-state index contributed by atoms with van der Waals surface area (Å²) in [6, 6.07) is 11.4. The lowest BCUT2D eigenvalue weighted by atomic mass is 10.0. The molecular weight excluding hydrogens is 562 g/mol. The van der Waals surface area contributed by atoms with E-state index in [9.17, 15) is 32.3 Å². The fourth-order valence-electron chi connectivity index (χ4n) is 4.40. The van der Waals surface area contributed by atoms with Crippen LogP contribution in [0.2, 0.25) is 0 Å². The van der Waals surface area contributed by atoms with Gasteiger partial charge >= 0.3 is 12.1 Å². The lowest BCUT2D eigenvalue weighted by Crippen LogP contribution is -2.33. The molecule has 1 unspecified atom stereocenters. The molecule has 10 nitrogen and oxygen atoms in total. The lowest BCUT2D eigenvalue weighted by Gasteiger charge is -2.18. The maximum absolute atomic E-state index is 13.6. The number of primary amides is 1. The number of alkyl halides is 3. The van der Waals surface area contributed by atoms with Gasteiger partial charge in [-0.3, -0.25) is 4.79 Å². The minimum atomic E-state index is -5.33. The number of hydrogen-bond acceptors (Lipinski definition) is 8. The number of carbonyl (C=O) groups is 2. The summed E-state index contributed by atoms with van der Waals surface area (Å²) in [6.45, 7) is 1.97. The minimum absolute atomic E-state index is 0.0733. The van der Waals surface area contributed by atoms with Gasteiger partial charge in [-0.1, -0.05) is 19.1 Å². The Morgan fingerprint density at radius 1 is 1.17 bits per heavy atom. The number of nitrogens with two attached hydrogens (primary N) is 1. The molecule has 0 bridgehead atoms. The van der Waals surface area contributed by atoms with Crippen LogP contribution in [0.4, 0.5) is 28.9 Å². The SMILES string of the molecule is CCc1c(CNCC(O)CO)cccc1Nc1c(C(N)=O)cnc2c1cc(-c1ccc(F)cc1)n2OC(=O)C(F)(F)F. The maximum Gasteiger partial charge on any atom is 0.493 e. The number of carbonyl (C=O) groups excluding carboxylic acids is 2. The Bertz CT molecular complexity index is 1610. The van der Waals surface area contributed by atoms with Crippen LogP contribution in [0.15, 0.2) is 54.7 Å². The van der Waals surface area contributed by atoms with Crippen molar-refractivity contribution in [1.29, 1.82) is 0 Å². The van der Waals surface area contributed by atoms with E-state index in [0.717, 1.165) is 29.5 Å². The summed E-state index contributed by atoms with van der Waals surface area (Å²) < 4.78 is 53.7. The second-order valence-corrected chi connectivity index (χ2v) is 9.24. The predicted molar refractivity (Wildman–Crippen MR) is 145 cm³/mol. The number of pyridine rings is 1. The highest BCUT2D eigenvalue weighted by Crippen LogP contribution is 2.36. The molecule has 0 aliphatic heterocycles. The summed E-state index contributed by atoms with van der Waals surface area (Å²) in [5.41, 5.74) is 7.69.